The highest BCUT2D eigenvalue weighted by molar-refractivity contribution is 6.06. The number of hydrogen-bond donors (Lipinski definition) is 1. The highest BCUT2D eigenvalue weighted by Crippen LogP contribution is 2.31. The Labute approximate surface area is 172 Å². The minimum absolute atomic E-state index is 0.0122. The summed E-state index contributed by atoms with van der Waals surface area (Å²) in [7, 11) is 4.04. The molecule has 2 aromatic rings. The predicted octanol–water partition coefficient (Wildman–Crippen LogP) is 3.91. The lowest BCUT2D eigenvalue weighted by molar-refractivity contribution is 0.0625. The molecule has 1 aromatic carbocycles. The van der Waals surface area contributed by atoms with Crippen LogP contribution in [0.1, 0.15) is 53.1 Å². The zero-order valence-electron chi connectivity index (χ0n) is 17.6. The summed E-state index contributed by atoms with van der Waals surface area (Å²) < 4.78 is 6.10. The number of nitrogens with zero attached hydrogens (tertiary/aromatic N) is 3. The number of carbonyl (C=O) groups is 1. The number of nitrogens with one attached hydrogen (secondary N) is 1. The monoisotopic (exact) mass is 394 g/mol. The fourth-order valence-corrected chi connectivity index (χ4v) is 4.34. The Balaban J connectivity index is 1.56. The smallest absolute Gasteiger partial charge is 0.289 e. The zero-order chi connectivity index (χ0) is 20.4. The Kier molecular flexibility index (Phi) is 5.72. The van der Waals surface area contributed by atoms with E-state index in [0.717, 1.165) is 73.5 Å². The van der Waals surface area contributed by atoms with Crippen LogP contribution in [-0.4, -0.2) is 54.6 Å². The summed E-state index contributed by atoms with van der Waals surface area (Å²) in [5.41, 5.74) is 6.99. The number of benzene rings is 1. The van der Waals surface area contributed by atoms with Gasteiger partial charge in [0.15, 0.2) is 5.76 Å². The van der Waals surface area contributed by atoms with Gasteiger partial charge in [0.05, 0.1) is 11.4 Å². The molecule has 1 aliphatic carbocycles. The van der Waals surface area contributed by atoms with Crippen LogP contribution in [0.5, 0.6) is 0 Å². The molecule has 2 aliphatic rings. The molecule has 1 aliphatic heterocycles. The summed E-state index contributed by atoms with van der Waals surface area (Å²) in [6.07, 6.45) is 4.73. The molecular weight excluding hydrogens is 364 g/mol. The Bertz CT molecular complexity index is 895. The molecule has 0 unspecified atom stereocenters. The van der Waals surface area contributed by atoms with Gasteiger partial charge in [0, 0.05) is 30.6 Å². The Hall–Kier alpha value is -2.60. The fraction of sp³-hybridized carbons (Fsp3) is 0.478. The van der Waals surface area contributed by atoms with E-state index in [9.17, 15) is 4.79 Å². The van der Waals surface area contributed by atoms with Crippen LogP contribution in [0.25, 0.3) is 0 Å². The second-order valence-corrected chi connectivity index (χ2v) is 8.19. The minimum Gasteiger partial charge on any atom is -0.455 e. The van der Waals surface area contributed by atoms with E-state index in [0.29, 0.717) is 5.76 Å². The van der Waals surface area contributed by atoms with E-state index in [4.69, 9.17) is 4.42 Å². The van der Waals surface area contributed by atoms with Crippen molar-refractivity contribution in [1.29, 1.82) is 0 Å². The molecule has 154 valence electrons. The van der Waals surface area contributed by atoms with E-state index in [-0.39, 0.29) is 11.9 Å². The number of para-hydroxylation sites is 1. The molecule has 1 N–H and O–H groups in total. The van der Waals surface area contributed by atoms with Crippen molar-refractivity contribution in [2.24, 2.45) is 5.10 Å². The van der Waals surface area contributed by atoms with Gasteiger partial charge in [-0.2, -0.15) is 5.10 Å². The molecule has 0 saturated carbocycles. The number of furan rings is 1. The van der Waals surface area contributed by atoms with Crippen LogP contribution >= 0.6 is 0 Å². The van der Waals surface area contributed by atoms with Crippen molar-refractivity contribution in [2.45, 2.75) is 45.1 Å². The second kappa shape index (κ2) is 8.41. The van der Waals surface area contributed by atoms with Gasteiger partial charge in [0.2, 0.25) is 0 Å². The van der Waals surface area contributed by atoms with Crippen LogP contribution in [0, 0.1) is 6.92 Å². The number of carbonyl (C=O) groups excluding carboxylic acids is 1. The third-order valence-corrected chi connectivity index (χ3v) is 6.17. The van der Waals surface area contributed by atoms with Crippen molar-refractivity contribution in [1.82, 2.24) is 9.80 Å². The summed E-state index contributed by atoms with van der Waals surface area (Å²) >= 11 is 0. The van der Waals surface area contributed by atoms with Crippen molar-refractivity contribution in [3.63, 3.8) is 0 Å². The second-order valence-electron chi connectivity index (χ2n) is 8.19. The van der Waals surface area contributed by atoms with Crippen LogP contribution in [0.15, 0.2) is 39.9 Å². The number of piperidine rings is 1. The molecule has 1 aromatic heterocycles. The number of rotatable bonds is 4. The number of fused-ring (bicyclic) bond motifs is 1. The van der Waals surface area contributed by atoms with Crippen LogP contribution in [0.4, 0.5) is 5.69 Å². The molecule has 2 heterocycles. The summed E-state index contributed by atoms with van der Waals surface area (Å²) in [6.45, 7) is 4.04. The Morgan fingerprint density at radius 3 is 2.66 bits per heavy atom. The first-order valence-electron chi connectivity index (χ1n) is 10.5. The maximum atomic E-state index is 13.2. The van der Waals surface area contributed by atoms with Gasteiger partial charge in [-0.1, -0.05) is 18.2 Å². The molecule has 1 fully saturated rings. The lowest BCUT2D eigenvalue weighted by Crippen LogP contribution is -2.44. The summed E-state index contributed by atoms with van der Waals surface area (Å²) in [5, 5.41) is 4.65. The van der Waals surface area contributed by atoms with Gasteiger partial charge in [-0.15, -0.1) is 0 Å². The normalized spacial score (nSPS) is 19.2. The van der Waals surface area contributed by atoms with Gasteiger partial charge < -0.3 is 14.2 Å². The number of likely N-dealkylation sites (tertiary alicyclic amines) is 1. The predicted molar refractivity (Wildman–Crippen MR) is 116 cm³/mol. The SMILES string of the molecule is Cc1c(C(=O)N(C)C2CCN(C)CC2)oc2c1/C(=N/Nc1ccccc1)CCC2. The van der Waals surface area contributed by atoms with Gasteiger partial charge in [0.1, 0.15) is 5.76 Å². The van der Waals surface area contributed by atoms with Gasteiger partial charge in [-0.25, -0.2) is 0 Å². The van der Waals surface area contributed by atoms with Crippen molar-refractivity contribution in [3.05, 3.63) is 53.0 Å². The Morgan fingerprint density at radius 2 is 1.93 bits per heavy atom. The van der Waals surface area contributed by atoms with Gasteiger partial charge in [-0.05, 0) is 64.9 Å². The van der Waals surface area contributed by atoms with Crippen molar-refractivity contribution in [2.75, 3.05) is 32.6 Å². The van der Waals surface area contributed by atoms with E-state index in [1.165, 1.54) is 0 Å². The maximum absolute atomic E-state index is 13.2. The third-order valence-electron chi connectivity index (χ3n) is 6.17. The zero-order valence-corrected chi connectivity index (χ0v) is 17.6. The molecular formula is C23H30N4O2. The lowest BCUT2D eigenvalue weighted by Gasteiger charge is -2.34. The van der Waals surface area contributed by atoms with E-state index in [1.54, 1.807) is 0 Å². The summed E-state index contributed by atoms with van der Waals surface area (Å²) in [6, 6.07) is 10.2. The number of anilines is 1. The number of aryl methyl sites for hydroxylation is 1. The summed E-state index contributed by atoms with van der Waals surface area (Å²) in [4.78, 5) is 17.4. The maximum Gasteiger partial charge on any atom is 0.289 e. The summed E-state index contributed by atoms with van der Waals surface area (Å²) in [5.74, 6) is 1.36. The van der Waals surface area contributed by atoms with E-state index >= 15 is 0 Å². The average Bonchev–Trinajstić information content (AvgIpc) is 3.09. The standard InChI is InChI=1S/C23H30N4O2/c1-16-21-19(25-24-17-8-5-4-6-9-17)10-7-11-20(21)29-22(16)23(28)27(3)18-12-14-26(2)15-13-18/h4-6,8-9,18,24H,7,10-15H2,1-3H3/b25-19+. The van der Waals surface area contributed by atoms with Crippen molar-refractivity contribution < 1.29 is 9.21 Å². The van der Waals surface area contributed by atoms with Crippen LogP contribution in [0.2, 0.25) is 0 Å². The van der Waals surface area contributed by atoms with E-state index in [2.05, 4.69) is 22.5 Å². The molecule has 0 atom stereocenters. The molecule has 0 spiro atoms. The van der Waals surface area contributed by atoms with E-state index < -0.39 is 0 Å². The van der Waals surface area contributed by atoms with E-state index in [1.807, 2.05) is 49.2 Å². The number of amides is 1. The average molecular weight is 395 g/mol. The molecule has 1 saturated heterocycles. The first kappa shape index (κ1) is 19.7. The Morgan fingerprint density at radius 1 is 1.21 bits per heavy atom. The molecule has 0 bridgehead atoms. The quantitative estimate of drug-likeness (QED) is 0.799. The van der Waals surface area contributed by atoms with Crippen LogP contribution in [0.3, 0.4) is 0 Å². The largest absolute Gasteiger partial charge is 0.455 e. The molecule has 29 heavy (non-hydrogen) atoms. The number of hydrazone groups is 1. The highest BCUT2D eigenvalue weighted by atomic mass is 16.4. The third kappa shape index (κ3) is 4.08. The van der Waals surface area contributed by atoms with Gasteiger partial charge in [-0.3, -0.25) is 10.2 Å². The van der Waals surface area contributed by atoms with Crippen LogP contribution < -0.4 is 5.43 Å². The first-order chi connectivity index (χ1) is 14.0. The fourth-order valence-electron chi connectivity index (χ4n) is 4.34. The molecule has 6 nitrogen and oxygen atoms in total. The highest BCUT2D eigenvalue weighted by Gasteiger charge is 2.32. The lowest BCUT2D eigenvalue weighted by atomic mass is 9.93. The molecule has 0 radical (unpaired) electrons. The molecule has 4 rings (SSSR count). The minimum atomic E-state index is -0.0122. The number of hydrogen-bond acceptors (Lipinski definition) is 5. The first-order valence-corrected chi connectivity index (χ1v) is 10.5. The van der Waals surface area contributed by atoms with Crippen molar-refractivity contribution >= 4 is 17.3 Å². The van der Waals surface area contributed by atoms with Gasteiger partial charge >= 0.3 is 0 Å². The van der Waals surface area contributed by atoms with Gasteiger partial charge in [0.25, 0.3) is 5.91 Å². The topological polar surface area (TPSA) is 61.1 Å². The molecule has 6 heteroatoms. The van der Waals surface area contributed by atoms with Crippen molar-refractivity contribution in [3.8, 4) is 0 Å². The molecule has 1 amide bonds. The van der Waals surface area contributed by atoms with Crippen LogP contribution in [-0.2, 0) is 6.42 Å².